The number of carbonyl (C=O) groups is 1. The third-order valence-corrected chi connectivity index (χ3v) is 4.11. The number of alkyl halides is 1. The summed E-state index contributed by atoms with van der Waals surface area (Å²) in [6, 6.07) is 12.6. The molecule has 0 aromatic heterocycles. The van der Waals surface area contributed by atoms with E-state index in [1.165, 1.54) is 0 Å². The summed E-state index contributed by atoms with van der Waals surface area (Å²) in [6.07, 6.45) is 0. The Morgan fingerprint density at radius 3 is 2.40 bits per heavy atom. The van der Waals surface area contributed by atoms with Gasteiger partial charge in [-0.2, -0.15) is 0 Å². The molecule has 0 aliphatic heterocycles. The van der Waals surface area contributed by atoms with Gasteiger partial charge < -0.3 is 5.32 Å². The molecule has 104 valence electrons. The minimum Gasteiger partial charge on any atom is -0.322 e. The lowest BCUT2D eigenvalue weighted by Crippen LogP contribution is -2.18. The predicted octanol–water partition coefficient (Wildman–Crippen LogP) is 5.22. The molecule has 5 heteroatoms. The average Bonchev–Trinajstić information content (AvgIpc) is 2.47. The molecule has 0 aliphatic rings. The highest BCUT2D eigenvalue weighted by molar-refractivity contribution is 6.41. The summed E-state index contributed by atoms with van der Waals surface area (Å²) in [4.78, 5) is 12.2. The van der Waals surface area contributed by atoms with Crippen molar-refractivity contribution in [1.29, 1.82) is 0 Å². The quantitative estimate of drug-likeness (QED) is 0.769. The second kappa shape index (κ2) is 6.49. The van der Waals surface area contributed by atoms with Crippen LogP contribution in [0.2, 0.25) is 10.0 Å². The standard InChI is InChI=1S/C15H12Cl3NO/c1-9-7-8-11(16)14(12(9)17)19-15(20)13(18)10-5-3-2-4-6-10/h2-8,13H,1H3,(H,19,20). The van der Waals surface area contributed by atoms with E-state index < -0.39 is 5.38 Å². The molecule has 0 saturated heterocycles. The Bertz CT molecular complexity index is 629. The number of amides is 1. The maximum absolute atomic E-state index is 12.2. The van der Waals surface area contributed by atoms with Crippen molar-refractivity contribution in [2.75, 3.05) is 5.32 Å². The zero-order valence-corrected chi connectivity index (χ0v) is 12.9. The van der Waals surface area contributed by atoms with E-state index in [1.54, 1.807) is 24.3 Å². The van der Waals surface area contributed by atoms with E-state index in [1.807, 2.05) is 25.1 Å². The molecule has 0 heterocycles. The highest BCUT2D eigenvalue weighted by Gasteiger charge is 2.20. The van der Waals surface area contributed by atoms with E-state index in [-0.39, 0.29) is 5.91 Å². The number of aryl methyl sites for hydroxylation is 1. The van der Waals surface area contributed by atoms with Crippen LogP contribution in [-0.2, 0) is 4.79 Å². The van der Waals surface area contributed by atoms with Gasteiger partial charge in [0.25, 0.3) is 0 Å². The van der Waals surface area contributed by atoms with Crippen molar-refractivity contribution in [1.82, 2.24) is 0 Å². The van der Waals surface area contributed by atoms with Gasteiger partial charge in [-0.25, -0.2) is 0 Å². The fourth-order valence-corrected chi connectivity index (χ4v) is 2.40. The minimum absolute atomic E-state index is 0.368. The molecule has 0 aliphatic carbocycles. The predicted molar refractivity (Wildman–Crippen MR) is 84.9 cm³/mol. The number of nitrogens with one attached hydrogen (secondary N) is 1. The molecule has 0 spiro atoms. The van der Waals surface area contributed by atoms with E-state index in [0.717, 1.165) is 5.56 Å². The summed E-state index contributed by atoms with van der Waals surface area (Å²) < 4.78 is 0. The molecule has 0 saturated carbocycles. The maximum Gasteiger partial charge on any atom is 0.247 e. The van der Waals surface area contributed by atoms with Crippen molar-refractivity contribution in [2.45, 2.75) is 12.3 Å². The van der Waals surface area contributed by atoms with E-state index >= 15 is 0 Å². The molecule has 1 N–H and O–H groups in total. The number of anilines is 1. The van der Waals surface area contributed by atoms with Crippen LogP contribution in [0.15, 0.2) is 42.5 Å². The summed E-state index contributed by atoms with van der Waals surface area (Å²) in [6.45, 7) is 1.84. The largest absolute Gasteiger partial charge is 0.322 e. The molecule has 0 radical (unpaired) electrons. The lowest BCUT2D eigenvalue weighted by Gasteiger charge is -2.14. The fourth-order valence-electron chi connectivity index (χ4n) is 1.73. The molecule has 2 nitrogen and oxygen atoms in total. The second-order valence-electron chi connectivity index (χ2n) is 4.32. The van der Waals surface area contributed by atoms with Crippen LogP contribution >= 0.6 is 34.8 Å². The van der Waals surface area contributed by atoms with Crippen molar-refractivity contribution in [3.63, 3.8) is 0 Å². The Balaban J connectivity index is 2.23. The number of hydrogen-bond donors (Lipinski definition) is 1. The van der Waals surface area contributed by atoms with Crippen LogP contribution in [0.4, 0.5) is 5.69 Å². The number of halogens is 3. The summed E-state index contributed by atoms with van der Waals surface area (Å²) in [5.74, 6) is -0.368. The van der Waals surface area contributed by atoms with E-state index in [4.69, 9.17) is 34.8 Å². The van der Waals surface area contributed by atoms with Gasteiger partial charge in [0, 0.05) is 0 Å². The topological polar surface area (TPSA) is 29.1 Å². The normalized spacial score (nSPS) is 12.0. The molecular weight excluding hydrogens is 317 g/mol. The van der Waals surface area contributed by atoms with Gasteiger partial charge in [-0.3, -0.25) is 4.79 Å². The average molecular weight is 329 g/mol. The van der Waals surface area contributed by atoms with Gasteiger partial charge >= 0.3 is 0 Å². The zero-order chi connectivity index (χ0) is 14.7. The molecule has 2 aromatic rings. The highest BCUT2D eigenvalue weighted by Crippen LogP contribution is 2.34. The third-order valence-electron chi connectivity index (χ3n) is 2.85. The number of hydrogen-bond acceptors (Lipinski definition) is 1. The van der Waals surface area contributed by atoms with E-state index in [9.17, 15) is 4.79 Å². The zero-order valence-electron chi connectivity index (χ0n) is 10.7. The van der Waals surface area contributed by atoms with Crippen LogP contribution in [0.5, 0.6) is 0 Å². The van der Waals surface area contributed by atoms with Gasteiger partial charge in [0.1, 0.15) is 5.38 Å². The number of rotatable bonds is 3. The summed E-state index contributed by atoms with van der Waals surface area (Å²) in [5, 5.41) is 2.68. The summed E-state index contributed by atoms with van der Waals surface area (Å²) >= 11 is 18.4. The summed E-state index contributed by atoms with van der Waals surface area (Å²) in [7, 11) is 0. The first-order chi connectivity index (χ1) is 9.50. The van der Waals surface area contributed by atoms with Crippen LogP contribution in [0, 0.1) is 6.92 Å². The molecule has 2 rings (SSSR count). The molecule has 1 atom stereocenters. The molecule has 1 unspecified atom stereocenters. The van der Waals surface area contributed by atoms with E-state index in [2.05, 4.69) is 5.32 Å². The maximum atomic E-state index is 12.2. The van der Waals surface area contributed by atoms with Gasteiger partial charge in [0.15, 0.2) is 0 Å². The van der Waals surface area contributed by atoms with Crippen molar-refractivity contribution >= 4 is 46.4 Å². The fraction of sp³-hybridized carbons (Fsp3) is 0.133. The molecule has 2 aromatic carbocycles. The van der Waals surface area contributed by atoms with Gasteiger partial charge in [0.05, 0.1) is 15.7 Å². The molecule has 20 heavy (non-hydrogen) atoms. The molecule has 1 amide bonds. The third kappa shape index (κ3) is 3.26. The van der Waals surface area contributed by atoms with Gasteiger partial charge in [0.2, 0.25) is 5.91 Å². The van der Waals surface area contributed by atoms with Crippen molar-refractivity contribution in [2.24, 2.45) is 0 Å². The van der Waals surface area contributed by atoms with Crippen molar-refractivity contribution in [3.05, 3.63) is 63.6 Å². The van der Waals surface area contributed by atoms with E-state index in [0.29, 0.717) is 21.3 Å². The van der Waals surface area contributed by atoms with Gasteiger partial charge in [-0.1, -0.05) is 59.6 Å². The molecule has 0 bridgehead atoms. The summed E-state index contributed by atoms with van der Waals surface area (Å²) in [5.41, 5.74) is 1.93. The van der Waals surface area contributed by atoms with Crippen LogP contribution in [0.1, 0.15) is 16.5 Å². The Morgan fingerprint density at radius 2 is 1.75 bits per heavy atom. The first-order valence-corrected chi connectivity index (χ1v) is 7.14. The smallest absolute Gasteiger partial charge is 0.247 e. The number of benzene rings is 2. The lowest BCUT2D eigenvalue weighted by atomic mass is 10.1. The molecular formula is C15H12Cl3NO. The minimum atomic E-state index is -0.802. The highest BCUT2D eigenvalue weighted by atomic mass is 35.5. The number of carbonyl (C=O) groups excluding carboxylic acids is 1. The van der Waals surface area contributed by atoms with Crippen LogP contribution in [-0.4, -0.2) is 5.91 Å². The first-order valence-electron chi connectivity index (χ1n) is 5.95. The molecule has 0 fully saturated rings. The monoisotopic (exact) mass is 327 g/mol. The first kappa shape index (κ1) is 15.2. The van der Waals surface area contributed by atoms with Crippen molar-refractivity contribution in [3.8, 4) is 0 Å². The van der Waals surface area contributed by atoms with Crippen LogP contribution in [0.3, 0.4) is 0 Å². The Labute approximate surface area is 132 Å². The van der Waals surface area contributed by atoms with Crippen LogP contribution in [0.25, 0.3) is 0 Å². The van der Waals surface area contributed by atoms with Crippen LogP contribution < -0.4 is 5.32 Å². The van der Waals surface area contributed by atoms with Gasteiger partial charge in [-0.05, 0) is 24.1 Å². The Hall–Kier alpha value is -1.22. The SMILES string of the molecule is Cc1ccc(Cl)c(NC(=O)C(Cl)c2ccccc2)c1Cl. The van der Waals surface area contributed by atoms with Crippen molar-refractivity contribution < 1.29 is 4.79 Å². The lowest BCUT2D eigenvalue weighted by molar-refractivity contribution is -0.116. The second-order valence-corrected chi connectivity index (χ2v) is 5.54. The Morgan fingerprint density at radius 1 is 1.10 bits per heavy atom. The van der Waals surface area contributed by atoms with Gasteiger partial charge in [-0.15, -0.1) is 11.6 Å². The Kier molecular flexibility index (Phi) is 4.92.